The lowest BCUT2D eigenvalue weighted by atomic mass is 10.1. The zero-order chi connectivity index (χ0) is 13.5. The standard InChI is InChI=1S/C16H26O2/c1-6-13(4)17-16(18-14(5)7-2)15-11-9-8-10-12(15)3/h8-11,13-14,16H,6-7H2,1-5H3. The van der Waals surface area contributed by atoms with Gasteiger partial charge in [-0.05, 0) is 39.2 Å². The molecule has 1 aromatic rings. The second kappa shape index (κ2) is 7.55. The summed E-state index contributed by atoms with van der Waals surface area (Å²) < 4.78 is 12.0. The minimum Gasteiger partial charge on any atom is -0.345 e. The Morgan fingerprint density at radius 1 is 0.944 bits per heavy atom. The molecule has 102 valence electrons. The molecule has 0 aromatic heterocycles. The van der Waals surface area contributed by atoms with Gasteiger partial charge in [-0.2, -0.15) is 0 Å². The molecule has 2 unspecified atom stereocenters. The second-order valence-corrected chi connectivity index (χ2v) is 4.90. The highest BCUT2D eigenvalue weighted by Gasteiger charge is 2.19. The average molecular weight is 250 g/mol. The highest BCUT2D eigenvalue weighted by molar-refractivity contribution is 5.26. The number of benzene rings is 1. The Bertz CT molecular complexity index is 337. The minimum absolute atomic E-state index is 0.207. The van der Waals surface area contributed by atoms with Crippen molar-refractivity contribution in [3.05, 3.63) is 35.4 Å². The zero-order valence-corrected chi connectivity index (χ0v) is 12.3. The molecule has 0 amide bonds. The van der Waals surface area contributed by atoms with Gasteiger partial charge in [0.25, 0.3) is 0 Å². The third-order valence-electron chi connectivity index (χ3n) is 3.30. The molecule has 1 rings (SSSR count). The van der Waals surface area contributed by atoms with Gasteiger partial charge in [-0.25, -0.2) is 0 Å². The zero-order valence-electron chi connectivity index (χ0n) is 12.3. The number of hydrogen-bond acceptors (Lipinski definition) is 2. The quantitative estimate of drug-likeness (QED) is 0.657. The van der Waals surface area contributed by atoms with Gasteiger partial charge in [0.1, 0.15) is 0 Å². The van der Waals surface area contributed by atoms with Crippen molar-refractivity contribution in [1.82, 2.24) is 0 Å². The van der Waals surface area contributed by atoms with Gasteiger partial charge in [0, 0.05) is 5.56 Å². The van der Waals surface area contributed by atoms with E-state index in [1.165, 1.54) is 5.56 Å². The molecule has 0 aliphatic carbocycles. The summed E-state index contributed by atoms with van der Waals surface area (Å²) in [6.07, 6.45) is 2.15. The van der Waals surface area contributed by atoms with Gasteiger partial charge < -0.3 is 9.47 Å². The summed E-state index contributed by atoms with van der Waals surface area (Å²) in [5.41, 5.74) is 2.35. The molecule has 0 spiro atoms. The topological polar surface area (TPSA) is 18.5 Å². The van der Waals surface area contributed by atoms with Gasteiger partial charge >= 0.3 is 0 Å². The van der Waals surface area contributed by atoms with Crippen LogP contribution in [0.5, 0.6) is 0 Å². The van der Waals surface area contributed by atoms with E-state index in [0.717, 1.165) is 18.4 Å². The van der Waals surface area contributed by atoms with Crippen molar-refractivity contribution in [3.63, 3.8) is 0 Å². The summed E-state index contributed by atoms with van der Waals surface area (Å²) in [6, 6.07) is 8.27. The van der Waals surface area contributed by atoms with E-state index in [9.17, 15) is 0 Å². The summed E-state index contributed by atoms with van der Waals surface area (Å²) >= 11 is 0. The maximum atomic E-state index is 6.02. The van der Waals surface area contributed by atoms with Gasteiger partial charge in [-0.1, -0.05) is 38.1 Å². The summed E-state index contributed by atoms with van der Waals surface area (Å²) in [5.74, 6) is 0. The van der Waals surface area contributed by atoms with Crippen molar-refractivity contribution in [2.75, 3.05) is 0 Å². The Labute approximate surface area is 111 Å². The van der Waals surface area contributed by atoms with E-state index < -0.39 is 0 Å². The monoisotopic (exact) mass is 250 g/mol. The molecule has 0 fully saturated rings. The van der Waals surface area contributed by atoms with Gasteiger partial charge in [0.2, 0.25) is 0 Å². The molecule has 0 heterocycles. The molecule has 2 heteroatoms. The second-order valence-electron chi connectivity index (χ2n) is 4.90. The fraction of sp³-hybridized carbons (Fsp3) is 0.625. The molecule has 0 N–H and O–H groups in total. The van der Waals surface area contributed by atoms with Crippen LogP contribution < -0.4 is 0 Å². The Morgan fingerprint density at radius 3 is 1.89 bits per heavy atom. The van der Waals surface area contributed by atoms with Gasteiger partial charge in [-0.15, -0.1) is 0 Å². The first-order valence-corrected chi connectivity index (χ1v) is 6.94. The Kier molecular flexibility index (Phi) is 6.37. The highest BCUT2D eigenvalue weighted by atomic mass is 16.7. The lowest BCUT2D eigenvalue weighted by Crippen LogP contribution is -2.20. The normalized spacial score (nSPS) is 16.3. The van der Waals surface area contributed by atoms with Crippen molar-refractivity contribution in [2.24, 2.45) is 0 Å². The molecule has 2 nitrogen and oxygen atoms in total. The SMILES string of the molecule is CCC(C)OC(OC(C)CC)c1ccccc1C. The van der Waals surface area contributed by atoms with Crippen LogP contribution in [0.25, 0.3) is 0 Å². The van der Waals surface area contributed by atoms with Crippen LogP contribution in [-0.4, -0.2) is 12.2 Å². The summed E-state index contributed by atoms with van der Waals surface area (Å²) in [5, 5.41) is 0. The first-order chi connectivity index (χ1) is 8.58. The predicted octanol–water partition coefficient (Wildman–Crippen LogP) is 4.62. The Hall–Kier alpha value is -0.860. The molecule has 1 aromatic carbocycles. The molecule has 0 saturated heterocycles. The first kappa shape index (κ1) is 15.2. The van der Waals surface area contributed by atoms with Crippen molar-refractivity contribution < 1.29 is 9.47 Å². The van der Waals surface area contributed by atoms with Gasteiger partial charge in [0.05, 0.1) is 12.2 Å². The number of aryl methyl sites for hydroxylation is 1. The Balaban J connectivity index is 2.86. The van der Waals surface area contributed by atoms with Crippen molar-refractivity contribution >= 4 is 0 Å². The van der Waals surface area contributed by atoms with E-state index in [0.29, 0.717) is 0 Å². The molecule has 2 atom stereocenters. The molecule has 0 radical (unpaired) electrons. The summed E-state index contributed by atoms with van der Waals surface area (Å²) in [7, 11) is 0. The summed E-state index contributed by atoms with van der Waals surface area (Å²) in [4.78, 5) is 0. The molecule has 0 bridgehead atoms. The molecule has 18 heavy (non-hydrogen) atoms. The predicted molar refractivity (Wildman–Crippen MR) is 75.6 cm³/mol. The highest BCUT2D eigenvalue weighted by Crippen LogP contribution is 2.26. The summed E-state index contributed by atoms with van der Waals surface area (Å²) in [6.45, 7) is 10.5. The van der Waals surface area contributed by atoms with Crippen LogP contribution in [-0.2, 0) is 9.47 Å². The molecule has 0 aliphatic heterocycles. The van der Waals surface area contributed by atoms with E-state index in [2.05, 4.69) is 46.8 Å². The number of ether oxygens (including phenoxy) is 2. The fourth-order valence-corrected chi connectivity index (χ4v) is 1.64. The van der Waals surface area contributed by atoms with E-state index in [-0.39, 0.29) is 18.5 Å². The number of hydrogen-bond donors (Lipinski definition) is 0. The molecule has 0 saturated carbocycles. The van der Waals surface area contributed by atoms with Crippen LogP contribution in [0.2, 0.25) is 0 Å². The van der Waals surface area contributed by atoms with Crippen LogP contribution in [0.4, 0.5) is 0 Å². The lowest BCUT2D eigenvalue weighted by molar-refractivity contribution is -0.193. The third kappa shape index (κ3) is 4.43. The van der Waals surface area contributed by atoms with E-state index in [1.807, 2.05) is 12.1 Å². The van der Waals surface area contributed by atoms with Crippen LogP contribution in [0, 0.1) is 6.92 Å². The smallest absolute Gasteiger partial charge is 0.184 e. The largest absolute Gasteiger partial charge is 0.345 e. The minimum atomic E-state index is -0.254. The maximum Gasteiger partial charge on any atom is 0.184 e. The van der Waals surface area contributed by atoms with Crippen molar-refractivity contribution in [1.29, 1.82) is 0 Å². The average Bonchev–Trinajstić information content (AvgIpc) is 2.38. The van der Waals surface area contributed by atoms with E-state index in [1.54, 1.807) is 0 Å². The molecular formula is C16H26O2. The third-order valence-corrected chi connectivity index (χ3v) is 3.30. The lowest BCUT2D eigenvalue weighted by Gasteiger charge is -2.26. The van der Waals surface area contributed by atoms with Crippen molar-refractivity contribution in [2.45, 2.75) is 66.0 Å². The van der Waals surface area contributed by atoms with Crippen LogP contribution in [0.3, 0.4) is 0 Å². The molecule has 0 aliphatic rings. The maximum absolute atomic E-state index is 6.02. The Morgan fingerprint density at radius 2 is 1.44 bits per heavy atom. The van der Waals surface area contributed by atoms with E-state index in [4.69, 9.17) is 9.47 Å². The van der Waals surface area contributed by atoms with Crippen LogP contribution in [0.1, 0.15) is 58.0 Å². The van der Waals surface area contributed by atoms with Crippen LogP contribution >= 0.6 is 0 Å². The van der Waals surface area contributed by atoms with Crippen LogP contribution in [0.15, 0.2) is 24.3 Å². The van der Waals surface area contributed by atoms with E-state index >= 15 is 0 Å². The number of rotatable bonds is 7. The fourth-order valence-electron chi connectivity index (χ4n) is 1.64. The first-order valence-electron chi connectivity index (χ1n) is 6.94. The molecular weight excluding hydrogens is 224 g/mol. The van der Waals surface area contributed by atoms with Gasteiger partial charge in [0.15, 0.2) is 6.29 Å². The van der Waals surface area contributed by atoms with Gasteiger partial charge in [-0.3, -0.25) is 0 Å². The van der Waals surface area contributed by atoms with Crippen molar-refractivity contribution in [3.8, 4) is 0 Å².